The molecule has 0 spiro atoms. The summed E-state index contributed by atoms with van der Waals surface area (Å²) in [6, 6.07) is 0. The van der Waals surface area contributed by atoms with Crippen molar-refractivity contribution in [2.75, 3.05) is 11.9 Å². The van der Waals surface area contributed by atoms with E-state index in [9.17, 15) is 14.7 Å². The number of hydrogen-bond donors (Lipinski definition) is 2. The molecule has 1 amide bonds. The van der Waals surface area contributed by atoms with E-state index in [0.29, 0.717) is 53.5 Å². The Morgan fingerprint density at radius 3 is 2.87 bits per heavy atom. The van der Waals surface area contributed by atoms with Crippen LogP contribution in [0.2, 0.25) is 0 Å². The summed E-state index contributed by atoms with van der Waals surface area (Å²) in [5, 5.41) is 21.1. The summed E-state index contributed by atoms with van der Waals surface area (Å²) in [5.41, 5.74) is 1.85. The number of anilines is 1. The molecule has 1 saturated carbocycles. The van der Waals surface area contributed by atoms with Crippen molar-refractivity contribution in [2.45, 2.75) is 38.7 Å². The monoisotopic (exact) mass is 429 g/mol. The largest absolute Gasteiger partial charge is 0.478 e. The lowest BCUT2D eigenvalue weighted by Crippen LogP contribution is -2.16. The number of aromatic carboxylic acids is 1. The number of fused-ring (bicyclic) bond motifs is 1. The van der Waals surface area contributed by atoms with Crippen LogP contribution in [0.3, 0.4) is 0 Å². The summed E-state index contributed by atoms with van der Waals surface area (Å²) in [6.07, 6.45) is 2.77. The van der Waals surface area contributed by atoms with Gasteiger partial charge in [-0.15, -0.1) is 11.3 Å². The van der Waals surface area contributed by atoms with Crippen LogP contribution < -0.4 is 5.32 Å². The highest BCUT2D eigenvalue weighted by molar-refractivity contribution is 7.17. The van der Waals surface area contributed by atoms with Gasteiger partial charge in [-0.25, -0.2) is 4.79 Å². The molecule has 2 aliphatic rings. The molecule has 1 fully saturated rings. The fraction of sp³-hybridized carbons (Fsp3) is 0.421. The van der Waals surface area contributed by atoms with Gasteiger partial charge >= 0.3 is 5.97 Å². The zero-order valence-corrected chi connectivity index (χ0v) is 17.2. The van der Waals surface area contributed by atoms with Crippen LogP contribution in [-0.2, 0) is 24.8 Å². The Morgan fingerprint density at radius 1 is 1.33 bits per heavy atom. The van der Waals surface area contributed by atoms with Gasteiger partial charge in [0.15, 0.2) is 11.5 Å². The summed E-state index contributed by atoms with van der Waals surface area (Å²) in [4.78, 5) is 30.2. The number of carboxylic acids is 1. The zero-order chi connectivity index (χ0) is 21.0. The van der Waals surface area contributed by atoms with Crippen molar-refractivity contribution in [3.8, 4) is 11.5 Å². The highest BCUT2D eigenvalue weighted by Crippen LogP contribution is 2.44. The molecule has 11 heteroatoms. The van der Waals surface area contributed by atoms with Crippen LogP contribution in [-0.4, -0.2) is 43.5 Å². The molecule has 0 aromatic carbocycles. The standard InChI is InChI=1S/C19H19N5O5S/c1-8-12(19(26)27)14(22-24(8)2)16(25)21-18-13(10-5-6-28-7-11(10)30-18)17-20-15(23-29-17)9-3-4-9/h9H,3-7H2,1-2H3,(H,21,25)(H,26,27). The van der Waals surface area contributed by atoms with Gasteiger partial charge in [0.2, 0.25) is 0 Å². The molecule has 2 N–H and O–H groups in total. The first kappa shape index (κ1) is 18.9. The van der Waals surface area contributed by atoms with Crippen LogP contribution >= 0.6 is 11.3 Å². The Labute approximate surface area is 174 Å². The van der Waals surface area contributed by atoms with E-state index in [4.69, 9.17) is 9.26 Å². The van der Waals surface area contributed by atoms with Gasteiger partial charge in [-0.05, 0) is 31.7 Å². The van der Waals surface area contributed by atoms with Crippen LogP contribution in [0.4, 0.5) is 5.00 Å². The van der Waals surface area contributed by atoms with Crippen LogP contribution in [0.1, 0.15) is 61.6 Å². The third kappa shape index (κ3) is 3.10. The van der Waals surface area contributed by atoms with Crippen molar-refractivity contribution < 1.29 is 24.0 Å². The number of ether oxygens (including phenoxy) is 1. The topological polar surface area (TPSA) is 132 Å². The van der Waals surface area contributed by atoms with Gasteiger partial charge in [-0.3, -0.25) is 9.48 Å². The van der Waals surface area contributed by atoms with Crippen molar-refractivity contribution in [3.05, 3.63) is 33.2 Å². The van der Waals surface area contributed by atoms with Crippen LogP contribution in [0.25, 0.3) is 11.5 Å². The maximum absolute atomic E-state index is 13.0. The number of carboxylic acid groups (broad SMARTS) is 1. The molecule has 4 heterocycles. The number of nitrogens with one attached hydrogen (secondary N) is 1. The molecule has 156 valence electrons. The SMILES string of the molecule is Cc1c(C(=O)O)c(C(=O)Nc2sc3c(c2-c2nc(C4CC4)no2)CCOC3)nn1C. The van der Waals surface area contributed by atoms with E-state index in [1.807, 2.05) is 0 Å². The second-order valence-electron chi connectivity index (χ2n) is 7.43. The van der Waals surface area contributed by atoms with E-state index in [1.54, 1.807) is 14.0 Å². The minimum atomic E-state index is -1.20. The average Bonchev–Trinajstić information content (AvgIpc) is 3.21. The minimum absolute atomic E-state index is 0.116. The predicted molar refractivity (Wildman–Crippen MR) is 106 cm³/mol. The molecule has 1 aliphatic carbocycles. The number of rotatable bonds is 5. The fourth-order valence-corrected chi connectivity index (χ4v) is 4.75. The van der Waals surface area contributed by atoms with Gasteiger partial charge in [0.1, 0.15) is 10.6 Å². The van der Waals surface area contributed by atoms with E-state index in [2.05, 4.69) is 20.6 Å². The van der Waals surface area contributed by atoms with Crippen LogP contribution in [0.5, 0.6) is 0 Å². The Bertz CT molecular complexity index is 1170. The molecule has 0 saturated heterocycles. The van der Waals surface area contributed by atoms with Gasteiger partial charge in [-0.2, -0.15) is 10.1 Å². The van der Waals surface area contributed by atoms with E-state index in [1.165, 1.54) is 16.0 Å². The van der Waals surface area contributed by atoms with Gasteiger partial charge in [0.05, 0.1) is 24.5 Å². The molecule has 10 nitrogen and oxygen atoms in total. The number of nitrogens with zero attached hydrogens (tertiary/aromatic N) is 4. The molecule has 5 rings (SSSR count). The first-order valence-corrected chi connectivity index (χ1v) is 10.4. The first-order valence-electron chi connectivity index (χ1n) is 9.58. The van der Waals surface area contributed by atoms with Gasteiger partial charge in [0, 0.05) is 17.8 Å². The molecule has 0 atom stereocenters. The third-order valence-corrected chi connectivity index (χ3v) is 6.53. The number of amides is 1. The Balaban J connectivity index is 1.54. The molecule has 3 aromatic heterocycles. The lowest BCUT2D eigenvalue weighted by atomic mass is 10.1. The summed E-state index contributed by atoms with van der Waals surface area (Å²) in [6.45, 7) is 2.61. The number of hydrogen-bond acceptors (Lipinski definition) is 8. The molecule has 30 heavy (non-hydrogen) atoms. The number of carbonyl (C=O) groups is 2. The highest BCUT2D eigenvalue weighted by atomic mass is 32.1. The Hall–Kier alpha value is -3.05. The van der Waals surface area contributed by atoms with E-state index in [-0.39, 0.29) is 11.3 Å². The molecular formula is C19H19N5O5S. The summed E-state index contributed by atoms with van der Waals surface area (Å²) in [5.74, 6) is -0.410. The quantitative estimate of drug-likeness (QED) is 0.633. The van der Waals surface area contributed by atoms with Crippen molar-refractivity contribution in [3.63, 3.8) is 0 Å². The highest BCUT2D eigenvalue weighted by Gasteiger charge is 2.33. The zero-order valence-electron chi connectivity index (χ0n) is 16.4. The molecule has 3 aromatic rings. The number of carbonyl (C=O) groups excluding carboxylic acids is 1. The summed E-state index contributed by atoms with van der Waals surface area (Å²) in [7, 11) is 1.60. The second kappa shape index (κ2) is 7.03. The lowest BCUT2D eigenvalue weighted by molar-refractivity contribution is 0.0691. The Kier molecular flexibility index (Phi) is 4.44. The van der Waals surface area contributed by atoms with Crippen LogP contribution in [0.15, 0.2) is 4.52 Å². The average molecular weight is 429 g/mol. The third-order valence-electron chi connectivity index (χ3n) is 5.41. The van der Waals surface area contributed by atoms with Gasteiger partial charge in [0.25, 0.3) is 11.8 Å². The van der Waals surface area contributed by atoms with E-state index in [0.717, 1.165) is 23.3 Å². The van der Waals surface area contributed by atoms with Crippen molar-refractivity contribution in [1.29, 1.82) is 0 Å². The van der Waals surface area contributed by atoms with Gasteiger partial charge in [-0.1, -0.05) is 5.16 Å². The second-order valence-corrected chi connectivity index (χ2v) is 8.54. The van der Waals surface area contributed by atoms with Crippen molar-refractivity contribution in [2.24, 2.45) is 7.05 Å². The molecule has 0 unspecified atom stereocenters. The van der Waals surface area contributed by atoms with Crippen molar-refractivity contribution >= 4 is 28.2 Å². The summed E-state index contributed by atoms with van der Waals surface area (Å²) < 4.78 is 12.5. The molecule has 0 bridgehead atoms. The van der Waals surface area contributed by atoms with Gasteiger partial charge < -0.3 is 19.7 Å². The van der Waals surface area contributed by atoms with E-state index >= 15 is 0 Å². The van der Waals surface area contributed by atoms with Crippen LogP contribution in [0, 0.1) is 6.92 Å². The Morgan fingerprint density at radius 2 is 2.13 bits per heavy atom. The molecule has 0 radical (unpaired) electrons. The summed E-state index contributed by atoms with van der Waals surface area (Å²) >= 11 is 1.37. The first-order chi connectivity index (χ1) is 14.4. The molecular weight excluding hydrogens is 410 g/mol. The van der Waals surface area contributed by atoms with Crippen molar-refractivity contribution in [1.82, 2.24) is 19.9 Å². The maximum Gasteiger partial charge on any atom is 0.340 e. The predicted octanol–water partition coefficient (Wildman–Crippen LogP) is 2.74. The minimum Gasteiger partial charge on any atom is -0.478 e. The number of aryl methyl sites for hydroxylation is 1. The number of aromatic nitrogens is 4. The maximum atomic E-state index is 13.0. The molecule has 1 aliphatic heterocycles. The lowest BCUT2D eigenvalue weighted by Gasteiger charge is -2.12. The van der Waals surface area contributed by atoms with E-state index < -0.39 is 11.9 Å². The normalized spacial score (nSPS) is 15.8. The smallest absolute Gasteiger partial charge is 0.340 e. The fourth-order valence-electron chi connectivity index (χ4n) is 3.58. The number of thiophene rings is 1.